The maximum atomic E-state index is 12.5. The first kappa shape index (κ1) is 20.9. The number of fused-ring (bicyclic) bond motifs is 1. The van der Waals surface area contributed by atoms with Crippen LogP contribution in [0.3, 0.4) is 0 Å². The Morgan fingerprint density at radius 1 is 1.10 bits per heavy atom. The quantitative estimate of drug-likeness (QED) is 0.491. The molecular weight excluding hydrogens is 420 g/mol. The number of aromatic nitrogens is 2. The van der Waals surface area contributed by atoms with Gasteiger partial charge >= 0.3 is 6.09 Å². The molecule has 6 nitrogen and oxygen atoms in total. The predicted molar refractivity (Wildman–Crippen MR) is 122 cm³/mol. The Kier molecular flexibility index (Phi) is 5.84. The number of hydrogen-bond donors (Lipinski definition) is 0. The van der Waals surface area contributed by atoms with E-state index in [1.165, 1.54) is 0 Å². The van der Waals surface area contributed by atoms with E-state index in [0.29, 0.717) is 19.6 Å². The molecule has 1 saturated heterocycles. The van der Waals surface area contributed by atoms with E-state index in [4.69, 9.17) is 16.3 Å². The van der Waals surface area contributed by atoms with Gasteiger partial charge in [0.05, 0.1) is 5.39 Å². The number of benzene rings is 1. The molecule has 158 valence electrons. The summed E-state index contributed by atoms with van der Waals surface area (Å²) in [7, 11) is 0. The van der Waals surface area contributed by atoms with Gasteiger partial charge < -0.3 is 14.5 Å². The molecule has 0 saturated carbocycles. The van der Waals surface area contributed by atoms with Crippen LogP contribution in [-0.4, -0.2) is 52.7 Å². The molecule has 1 amide bonds. The monoisotopic (exact) mass is 444 g/mol. The number of carbonyl (C=O) groups is 1. The van der Waals surface area contributed by atoms with E-state index in [-0.39, 0.29) is 11.4 Å². The average Bonchev–Trinajstić information content (AvgIpc) is 2.95. The van der Waals surface area contributed by atoms with Crippen molar-refractivity contribution in [2.45, 2.75) is 32.8 Å². The lowest BCUT2D eigenvalue weighted by Gasteiger charge is -2.27. The largest absolute Gasteiger partial charge is 0.444 e. The van der Waals surface area contributed by atoms with Crippen molar-refractivity contribution in [1.82, 2.24) is 14.9 Å². The molecular formula is C22H25ClN4O2S. The number of amides is 1. The summed E-state index contributed by atoms with van der Waals surface area (Å²) in [5, 5.41) is 3.37. The zero-order chi connectivity index (χ0) is 21.3. The lowest BCUT2D eigenvalue weighted by atomic mass is 10.1. The van der Waals surface area contributed by atoms with Gasteiger partial charge in [0.1, 0.15) is 16.2 Å². The van der Waals surface area contributed by atoms with Crippen molar-refractivity contribution in [3.05, 3.63) is 41.0 Å². The highest BCUT2D eigenvalue weighted by Gasteiger charge is 2.26. The van der Waals surface area contributed by atoms with Gasteiger partial charge in [-0.05, 0) is 44.4 Å². The second-order valence-electron chi connectivity index (χ2n) is 8.32. The molecule has 1 fully saturated rings. The van der Waals surface area contributed by atoms with E-state index >= 15 is 0 Å². The molecule has 0 bridgehead atoms. The molecule has 8 heteroatoms. The summed E-state index contributed by atoms with van der Waals surface area (Å²) in [5.74, 6) is 0.830. The smallest absolute Gasteiger partial charge is 0.410 e. The minimum atomic E-state index is -0.503. The van der Waals surface area contributed by atoms with Crippen molar-refractivity contribution in [3.8, 4) is 11.1 Å². The predicted octanol–water partition coefficient (Wildman–Crippen LogP) is 5.46. The van der Waals surface area contributed by atoms with Crippen LogP contribution in [0.1, 0.15) is 27.2 Å². The highest BCUT2D eigenvalue weighted by atomic mass is 35.5. The third-order valence-corrected chi connectivity index (χ3v) is 5.96. The van der Waals surface area contributed by atoms with Gasteiger partial charge in [0, 0.05) is 37.1 Å². The Bertz CT molecular complexity index is 1050. The average molecular weight is 445 g/mol. The zero-order valence-electron chi connectivity index (χ0n) is 17.4. The molecule has 4 rings (SSSR count). The molecule has 0 radical (unpaired) electrons. The van der Waals surface area contributed by atoms with Gasteiger partial charge in [-0.3, -0.25) is 0 Å². The molecule has 2 aromatic heterocycles. The van der Waals surface area contributed by atoms with Gasteiger partial charge in [-0.15, -0.1) is 11.3 Å². The standard InChI is InChI=1S/C22H25ClN4O2S/c1-22(2,3)29-21(28)27-11-7-10-26(12-13-27)18-17-16(15-8-5-4-6-9-15)14-30-19(17)25-20(23)24-18/h4-6,8-9,14H,7,10-13H2,1-3H3. The van der Waals surface area contributed by atoms with Crippen molar-refractivity contribution in [1.29, 1.82) is 0 Å². The van der Waals surface area contributed by atoms with Crippen LogP contribution in [-0.2, 0) is 4.74 Å². The molecule has 0 aliphatic carbocycles. The van der Waals surface area contributed by atoms with Gasteiger partial charge in [-0.2, -0.15) is 4.98 Å². The minimum Gasteiger partial charge on any atom is -0.444 e. The molecule has 3 aromatic rings. The van der Waals surface area contributed by atoms with Crippen molar-refractivity contribution in [2.75, 3.05) is 31.1 Å². The van der Waals surface area contributed by atoms with E-state index in [1.807, 2.05) is 39.0 Å². The fraction of sp³-hybridized carbons (Fsp3) is 0.409. The fourth-order valence-corrected chi connectivity index (χ4v) is 4.75. The van der Waals surface area contributed by atoms with Crippen molar-refractivity contribution >= 4 is 45.1 Å². The summed E-state index contributed by atoms with van der Waals surface area (Å²) in [6.45, 7) is 8.33. The van der Waals surface area contributed by atoms with E-state index in [2.05, 4.69) is 32.4 Å². The summed E-state index contributed by atoms with van der Waals surface area (Å²) >= 11 is 7.84. The van der Waals surface area contributed by atoms with Gasteiger partial charge in [0.2, 0.25) is 5.28 Å². The molecule has 3 heterocycles. The summed E-state index contributed by atoms with van der Waals surface area (Å²) in [4.78, 5) is 26.4. The van der Waals surface area contributed by atoms with Gasteiger partial charge in [-0.1, -0.05) is 30.3 Å². The van der Waals surface area contributed by atoms with Crippen molar-refractivity contribution < 1.29 is 9.53 Å². The summed E-state index contributed by atoms with van der Waals surface area (Å²) in [6, 6.07) is 10.2. The number of nitrogens with zero attached hydrogens (tertiary/aromatic N) is 4. The van der Waals surface area contributed by atoms with Crippen LogP contribution >= 0.6 is 22.9 Å². The number of ether oxygens (including phenoxy) is 1. The Hall–Kier alpha value is -2.38. The molecule has 0 N–H and O–H groups in total. The molecule has 1 aliphatic rings. The van der Waals surface area contributed by atoms with Crippen LogP contribution in [0.2, 0.25) is 5.28 Å². The number of rotatable bonds is 2. The maximum Gasteiger partial charge on any atom is 0.410 e. The Balaban J connectivity index is 1.65. The molecule has 0 spiro atoms. The van der Waals surface area contributed by atoms with E-state index in [9.17, 15) is 4.79 Å². The Morgan fingerprint density at radius 3 is 2.60 bits per heavy atom. The van der Waals surface area contributed by atoms with Crippen molar-refractivity contribution in [2.24, 2.45) is 0 Å². The van der Waals surface area contributed by atoms with E-state index < -0.39 is 5.60 Å². The van der Waals surface area contributed by atoms with Crippen LogP contribution in [0, 0.1) is 0 Å². The van der Waals surface area contributed by atoms with Crippen molar-refractivity contribution in [3.63, 3.8) is 0 Å². The maximum absolute atomic E-state index is 12.5. The number of halogens is 1. The number of thiophene rings is 1. The van der Waals surface area contributed by atoms with Gasteiger partial charge in [0.15, 0.2) is 0 Å². The van der Waals surface area contributed by atoms with Crippen LogP contribution in [0.15, 0.2) is 35.7 Å². The number of carbonyl (C=O) groups excluding carboxylic acids is 1. The third-order valence-electron chi connectivity index (χ3n) is 4.92. The lowest BCUT2D eigenvalue weighted by molar-refractivity contribution is 0.0263. The number of hydrogen-bond acceptors (Lipinski definition) is 6. The van der Waals surface area contributed by atoms with E-state index in [1.54, 1.807) is 16.2 Å². The van der Waals surface area contributed by atoms with Crippen LogP contribution in [0.5, 0.6) is 0 Å². The molecule has 1 aromatic carbocycles. The van der Waals surface area contributed by atoms with Gasteiger partial charge in [-0.25, -0.2) is 9.78 Å². The molecule has 30 heavy (non-hydrogen) atoms. The van der Waals surface area contributed by atoms with Crippen LogP contribution in [0.4, 0.5) is 10.6 Å². The first-order valence-corrected chi connectivity index (χ1v) is 11.3. The SMILES string of the molecule is CC(C)(C)OC(=O)N1CCCN(c2nc(Cl)nc3scc(-c4ccccc4)c23)CC1. The Morgan fingerprint density at radius 2 is 1.87 bits per heavy atom. The summed E-state index contributed by atoms with van der Waals surface area (Å²) in [5.41, 5.74) is 1.73. The second-order valence-corrected chi connectivity index (χ2v) is 9.52. The van der Waals surface area contributed by atoms with Crippen LogP contribution in [0.25, 0.3) is 21.3 Å². The summed E-state index contributed by atoms with van der Waals surface area (Å²) < 4.78 is 5.55. The highest BCUT2D eigenvalue weighted by molar-refractivity contribution is 7.17. The lowest BCUT2D eigenvalue weighted by Crippen LogP contribution is -2.39. The van der Waals surface area contributed by atoms with Crippen LogP contribution < -0.4 is 4.90 Å². The zero-order valence-corrected chi connectivity index (χ0v) is 19.0. The molecule has 0 atom stereocenters. The van der Waals surface area contributed by atoms with E-state index in [0.717, 1.165) is 40.1 Å². The molecule has 0 unspecified atom stereocenters. The number of anilines is 1. The first-order valence-electron chi connectivity index (χ1n) is 10.0. The second kappa shape index (κ2) is 8.40. The Labute approximate surface area is 185 Å². The first-order chi connectivity index (χ1) is 14.3. The minimum absolute atomic E-state index is 0.243. The fourth-order valence-electron chi connectivity index (χ4n) is 3.60. The summed E-state index contributed by atoms with van der Waals surface area (Å²) in [6.07, 6.45) is 0.559. The topological polar surface area (TPSA) is 58.6 Å². The normalized spacial score (nSPS) is 15.3. The third kappa shape index (κ3) is 4.52. The molecule has 1 aliphatic heterocycles. The van der Waals surface area contributed by atoms with Gasteiger partial charge in [0.25, 0.3) is 0 Å². The highest BCUT2D eigenvalue weighted by Crippen LogP contribution is 2.39.